The van der Waals surface area contributed by atoms with Crippen LogP contribution >= 0.6 is 11.3 Å². The van der Waals surface area contributed by atoms with E-state index in [1.165, 1.54) is 39.4 Å². The number of aromatic nitrogens is 1. The van der Waals surface area contributed by atoms with Gasteiger partial charge in [-0.2, -0.15) is 0 Å². The molecule has 0 fully saturated rings. The Morgan fingerprint density at radius 3 is 2.52 bits per heavy atom. The summed E-state index contributed by atoms with van der Waals surface area (Å²) in [6.07, 6.45) is 2.79. The van der Waals surface area contributed by atoms with Gasteiger partial charge in [0, 0.05) is 18.4 Å². The molecule has 1 aromatic heterocycles. The van der Waals surface area contributed by atoms with E-state index in [0.717, 1.165) is 22.3 Å². The van der Waals surface area contributed by atoms with Crippen molar-refractivity contribution in [3.05, 3.63) is 70.7 Å². The number of carbonyl (C=O) groups excluding carboxylic acids is 2. The van der Waals surface area contributed by atoms with Crippen LogP contribution in [0.1, 0.15) is 23.0 Å². The number of nitrogens with zero attached hydrogens (tertiary/aromatic N) is 2. The molecule has 31 heavy (non-hydrogen) atoms. The Bertz CT molecular complexity index is 1160. The number of allylic oxidation sites excluding steroid dienone is 1. The normalized spacial score (nSPS) is 10.9. The Morgan fingerprint density at radius 1 is 1.10 bits per heavy atom. The molecule has 0 unspecified atom stereocenters. The van der Waals surface area contributed by atoms with Crippen molar-refractivity contribution in [1.29, 1.82) is 0 Å². The van der Waals surface area contributed by atoms with Crippen LogP contribution in [-0.2, 0) is 4.79 Å². The fourth-order valence-corrected chi connectivity index (χ4v) is 3.63. The second-order valence-corrected chi connectivity index (χ2v) is 7.11. The summed E-state index contributed by atoms with van der Waals surface area (Å²) in [5, 5.41) is 1.79. The Hall–Kier alpha value is -3.59. The van der Waals surface area contributed by atoms with Crippen molar-refractivity contribution in [2.45, 2.75) is 6.92 Å². The number of halogens is 2. The van der Waals surface area contributed by atoms with E-state index in [1.54, 1.807) is 23.6 Å². The van der Waals surface area contributed by atoms with Gasteiger partial charge in [0.05, 0.1) is 31.2 Å². The van der Waals surface area contributed by atoms with E-state index < -0.39 is 17.5 Å². The lowest BCUT2D eigenvalue weighted by Crippen LogP contribution is -2.23. The van der Waals surface area contributed by atoms with E-state index in [4.69, 9.17) is 9.47 Å². The van der Waals surface area contributed by atoms with Gasteiger partial charge in [-0.15, -0.1) is 11.3 Å². The van der Waals surface area contributed by atoms with Crippen molar-refractivity contribution in [2.24, 2.45) is 0 Å². The predicted octanol–water partition coefficient (Wildman–Crippen LogP) is 5.02. The number of ketones is 1. The van der Waals surface area contributed by atoms with Gasteiger partial charge in [-0.05, 0) is 42.5 Å². The Morgan fingerprint density at radius 2 is 1.87 bits per heavy atom. The molecule has 0 aliphatic rings. The number of carbonyl (C=O) groups is 2. The van der Waals surface area contributed by atoms with E-state index in [1.807, 2.05) is 0 Å². The van der Waals surface area contributed by atoms with Gasteiger partial charge in [-0.1, -0.05) is 0 Å². The fraction of sp³-hybridized carbons (Fsp3) is 0.136. The first-order valence-electron chi connectivity index (χ1n) is 8.99. The van der Waals surface area contributed by atoms with Crippen molar-refractivity contribution in [2.75, 3.05) is 19.1 Å². The van der Waals surface area contributed by atoms with Gasteiger partial charge >= 0.3 is 0 Å². The zero-order valence-electron chi connectivity index (χ0n) is 16.9. The van der Waals surface area contributed by atoms with Crippen LogP contribution in [0.15, 0.2) is 47.9 Å². The SMILES string of the molecule is COc1ccc(OC)c(C(=O)/C=C/c2csc(N(C(C)=O)c3ccc(F)cc3F)n2)c1. The molecular weight excluding hydrogens is 426 g/mol. The Kier molecular flexibility index (Phi) is 6.76. The predicted molar refractivity (Wildman–Crippen MR) is 114 cm³/mol. The number of ether oxygens (including phenoxy) is 2. The van der Waals surface area contributed by atoms with Gasteiger partial charge in [-0.25, -0.2) is 13.8 Å². The summed E-state index contributed by atoms with van der Waals surface area (Å²) >= 11 is 1.08. The molecule has 6 nitrogen and oxygen atoms in total. The highest BCUT2D eigenvalue weighted by Crippen LogP contribution is 2.31. The molecule has 0 spiro atoms. The number of amides is 1. The maximum atomic E-state index is 14.2. The van der Waals surface area contributed by atoms with E-state index in [0.29, 0.717) is 28.8 Å². The first-order chi connectivity index (χ1) is 14.8. The summed E-state index contributed by atoms with van der Waals surface area (Å²) < 4.78 is 37.8. The maximum absolute atomic E-state index is 14.2. The van der Waals surface area contributed by atoms with Crippen molar-refractivity contribution in [1.82, 2.24) is 4.98 Å². The van der Waals surface area contributed by atoms with Crippen LogP contribution < -0.4 is 14.4 Å². The van der Waals surface area contributed by atoms with E-state index >= 15 is 0 Å². The van der Waals surface area contributed by atoms with E-state index in [-0.39, 0.29) is 16.6 Å². The molecule has 0 N–H and O–H groups in total. The minimum Gasteiger partial charge on any atom is -0.497 e. The molecule has 0 atom stereocenters. The first-order valence-corrected chi connectivity index (χ1v) is 9.87. The van der Waals surface area contributed by atoms with Crippen molar-refractivity contribution >= 4 is 39.9 Å². The molecule has 3 aromatic rings. The largest absolute Gasteiger partial charge is 0.497 e. The van der Waals surface area contributed by atoms with E-state index in [9.17, 15) is 18.4 Å². The quantitative estimate of drug-likeness (QED) is 0.378. The lowest BCUT2D eigenvalue weighted by molar-refractivity contribution is -0.115. The zero-order valence-corrected chi connectivity index (χ0v) is 17.7. The molecule has 0 saturated carbocycles. The van der Waals surface area contributed by atoms with Gasteiger partial charge in [0.15, 0.2) is 10.9 Å². The zero-order chi connectivity index (χ0) is 22.5. The Balaban J connectivity index is 1.87. The third-order valence-corrected chi connectivity index (χ3v) is 5.09. The molecule has 2 aromatic carbocycles. The summed E-state index contributed by atoms with van der Waals surface area (Å²) in [7, 11) is 2.95. The molecule has 160 valence electrons. The second kappa shape index (κ2) is 9.48. The number of hydrogen-bond acceptors (Lipinski definition) is 6. The van der Waals surface area contributed by atoms with Crippen LogP contribution in [0.4, 0.5) is 19.6 Å². The number of methoxy groups -OCH3 is 2. The fourth-order valence-electron chi connectivity index (χ4n) is 2.78. The summed E-state index contributed by atoms with van der Waals surface area (Å²) in [5.74, 6) is -1.57. The van der Waals surface area contributed by atoms with Crippen LogP contribution in [0.5, 0.6) is 11.5 Å². The monoisotopic (exact) mass is 444 g/mol. The van der Waals surface area contributed by atoms with Crippen molar-refractivity contribution in [3.8, 4) is 11.5 Å². The molecule has 3 rings (SSSR count). The number of benzene rings is 2. The van der Waals surface area contributed by atoms with Crippen LogP contribution in [-0.4, -0.2) is 30.9 Å². The van der Waals surface area contributed by atoms with E-state index in [2.05, 4.69) is 4.98 Å². The lowest BCUT2D eigenvalue weighted by Gasteiger charge is -2.18. The minimum absolute atomic E-state index is 0.115. The van der Waals surface area contributed by atoms with Gasteiger partial charge in [0.2, 0.25) is 5.91 Å². The molecule has 0 aliphatic carbocycles. The van der Waals surface area contributed by atoms with Gasteiger partial charge in [0.1, 0.15) is 23.1 Å². The average Bonchev–Trinajstić information content (AvgIpc) is 3.21. The molecule has 1 heterocycles. The standard InChI is InChI=1S/C22H18F2N2O4S/c1-13(27)26(19-7-4-14(23)10-18(19)24)22-25-15(12-31-22)5-8-20(28)17-11-16(29-2)6-9-21(17)30-3/h4-12H,1-3H3/b8-5+. The van der Waals surface area contributed by atoms with Gasteiger partial charge in [-0.3, -0.25) is 14.5 Å². The summed E-state index contributed by atoms with van der Waals surface area (Å²) in [5.41, 5.74) is 0.590. The van der Waals surface area contributed by atoms with Crippen LogP contribution in [0.3, 0.4) is 0 Å². The molecule has 1 amide bonds. The maximum Gasteiger partial charge on any atom is 0.230 e. The van der Waals surface area contributed by atoms with Crippen LogP contribution in [0.2, 0.25) is 0 Å². The van der Waals surface area contributed by atoms with Crippen LogP contribution in [0, 0.1) is 11.6 Å². The number of rotatable bonds is 7. The lowest BCUT2D eigenvalue weighted by atomic mass is 10.1. The molecule has 0 radical (unpaired) electrons. The third kappa shape index (κ3) is 4.95. The van der Waals surface area contributed by atoms with Crippen molar-refractivity contribution in [3.63, 3.8) is 0 Å². The average molecular weight is 444 g/mol. The number of hydrogen-bond donors (Lipinski definition) is 0. The Labute approximate surface area is 181 Å². The number of thiazole rings is 1. The highest BCUT2D eigenvalue weighted by molar-refractivity contribution is 7.14. The summed E-state index contributed by atoms with van der Waals surface area (Å²) in [4.78, 5) is 30.1. The van der Waals surface area contributed by atoms with Crippen LogP contribution in [0.25, 0.3) is 6.08 Å². The topological polar surface area (TPSA) is 68.7 Å². The first kappa shape index (κ1) is 22.1. The highest BCUT2D eigenvalue weighted by Gasteiger charge is 2.21. The summed E-state index contributed by atoms with van der Waals surface area (Å²) in [6.45, 7) is 1.25. The molecule has 0 saturated heterocycles. The second-order valence-electron chi connectivity index (χ2n) is 6.27. The summed E-state index contributed by atoms with van der Waals surface area (Å²) in [6, 6.07) is 7.79. The molecular formula is C22H18F2N2O4S. The smallest absolute Gasteiger partial charge is 0.230 e. The van der Waals surface area contributed by atoms with Gasteiger partial charge in [0.25, 0.3) is 0 Å². The highest BCUT2D eigenvalue weighted by atomic mass is 32.1. The number of anilines is 2. The van der Waals surface area contributed by atoms with Gasteiger partial charge < -0.3 is 9.47 Å². The molecule has 9 heteroatoms. The molecule has 0 bridgehead atoms. The van der Waals surface area contributed by atoms with Crippen molar-refractivity contribution < 1.29 is 27.8 Å². The molecule has 0 aliphatic heterocycles. The minimum atomic E-state index is -0.886. The third-order valence-electron chi connectivity index (χ3n) is 4.24.